The summed E-state index contributed by atoms with van der Waals surface area (Å²) in [6, 6.07) is 7.76. The Hall–Kier alpha value is -0.810. The zero-order valence-corrected chi connectivity index (χ0v) is 9.12. The van der Waals surface area contributed by atoms with E-state index in [9.17, 15) is 0 Å². The van der Waals surface area contributed by atoms with Gasteiger partial charge < -0.3 is 4.74 Å². The van der Waals surface area contributed by atoms with Crippen LogP contribution in [-0.4, -0.2) is 18.3 Å². The Labute approximate surface area is 92.9 Å². The van der Waals surface area contributed by atoms with Crippen LogP contribution in [0.5, 0.6) is 0 Å². The Bertz CT molecular complexity index is 271. The summed E-state index contributed by atoms with van der Waals surface area (Å²) in [7, 11) is 1.67. The van der Waals surface area contributed by atoms with Crippen molar-refractivity contribution in [1.82, 2.24) is 0 Å². The van der Waals surface area contributed by atoms with Crippen molar-refractivity contribution < 1.29 is 19.5 Å². The Balaban J connectivity index is 0.000000921. The molecule has 15 heavy (non-hydrogen) atoms. The number of thioether (sulfide) groups is 1. The molecule has 1 aromatic carbocycles. The summed E-state index contributed by atoms with van der Waals surface area (Å²) in [5.41, 5.74) is 0.948. The second-order valence-electron chi connectivity index (χ2n) is 2.47. The normalized spacial score (nSPS) is 9.07. The van der Waals surface area contributed by atoms with Crippen LogP contribution in [0.15, 0.2) is 29.2 Å². The van der Waals surface area contributed by atoms with Crippen LogP contribution in [0.4, 0.5) is 0 Å². The van der Waals surface area contributed by atoms with Crippen molar-refractivity contribution in [2.75, 3.05) is 13.0 Å². The van der Waals surface area contributed by atoms with Crippen molar-refractivity contribution in [3.63, 3.8) is 0 Å². The molecule has 82 valence electrons. The number of methoxy groups -OCH3 is 1. The first kappa shape index (κ1) is 14.2. The second-order valence-corrected chi connectivity index (χ2v) is 3.46. The fraction of sp³-hybridized carbons (Fsp3) is 0.300. The van der Waals surface area contributed by atoms with E-state index in [-0.39, 0.29) is 6.61 Å². The van der Waals surface area contributed by atoms with Gasteiger partial charge in [-0.05, 0) is 17.7 Å². The molecule has 0 amide bonds. The molecule has 1 aromatic rings. The number of benzene rings is 1. The predicted molar refractivity (Wildman–Crippen MR) is 55.5 cm³/mol. The van der Waals surface area contributed by atoms with E-state index in [0.717, 1.165) is 10.5 Å². The molecule has 0 unspecified atom stereocenters. The molecule has 0 atom stereocenters. The summed E-state index contributed by atoms with van der Waals surface area (Å²) in [6.45, 7) is 4.73. The zero-order chi connectivity index (χ0) is 11.5. The van der Waals surface area contributed by atoms with Gasteiger partial charge in [0.25, 0.3) is 0 Å². The average molecular weight is 228 g/mol. The van der Waals surface area contributed by atoms with Gasteiger partial charge in [0.05, 0.1) is 5.94 Å². The maximum atomic E-state index is 8.21. The monoisotopic (exact) mass is 228 g/mol. The fourth-order valence-corrected chi connectivity index (χ4v) is 1.47. The van der Waals surface area contributed by atoms with Crippen molar-refractivity contribution >= 4 is 11.8 Å². The van der Waals surface area contributed by atoms with Gasteiger partial charge in [-0.25, -0.2) is 4.89 Å². The van der Waals surface area contributed by atoms with Gasteiger partial charge in [0.15, 0.2) is 0 Å². The van der Waals surface area contributed by atoms with Crippen LogP contribution >= 0.6 is 11.8 Å². The maximum absolute atomic E-state index is 8.21. The van der Waals surface area contributed by atoms with E-state index in [1.807, 2.05) is 24.3 Å². The SMILES string of the molecule is COCSc1ccc(COO)cc1.[C-]#[O+]. The van der Waals surface area contributed by atoms with E-state index in [2.05, 4.69) is 11.5 Å². The number of ether oxygens (including phenoxy) is 1. The molecule has 1 rings (SSSR count). The van der Waals surface area contributed by atoms with Gasteiger partial charge in [-0.2, -0.15) is 0 Å². The topological polar surface area (TPSA) is 58.6 Å². The molecule has 1 N–H and O–H groups in total. The summed E-state index contributed by atoms with van der Waals surface area (Å²) in [4.78, 5) is 5.16. The predicted octanol–water partition coefficient (Wildman–Crippen LogP) is 2.33. The average Bonchev–Trinajstić information content (AvgIpc) is 2.31. The first-order valence-corrected chi connectivity index (χ1v) is 5.03. The molecular weight excluding hydrogens is 216 g/mol. The molecule has 0 heterocycles. The van der Waals surface area contributed by atoms with Crippen LogP contribution < -0.4 is 0 Å². The number of rotatable bonds is 5. The summed E-state index contributed by atoms with van der Waals surface area (Å²) >= 11 is 1.62. The second kappa shape index (κ2) is 9.73. The Morgan fingerprint density at radius 2 is 1.93 bits per heavy atom. The molecule has 0 spiro atoms. The zero-order valence-electron chi connectivity index (χ0n) is 8.30. The van der Waals surface area contributed by atoms with Crippen LogP contribution in [0.3, 0.4) is 0 Å². The molecule has 0 aliphatic carbocycles. The standard InChI is InChI=1S/C9H12O3S.CO/c1-11-7-13-9-4-2-8(3-5-9)6-12-10;1-2/h2-5,10H,6-7H2,1H3;. The van der Waals surface area contributed by atoms with Gasteiger partial charge in [-0.1, -0.05) is 23.9 Å². The first-order valence-electron chi connectivity index (χ1n) is 4.04. The number of hydrogen-bond donors (Lipinski definition) is 1. The van der Waals surface area contributed by atoms with Crippen LogP contribution in [0.2, 0.25) is 0 Å². The Morgan fingerprint density at radius 1 is 1.33 bits per heavy atom. The minimum atomic E-state index is 0.231. The van der Waals surface area contributed by atoms with Gasteiger partial charge in [-0.15, -0.1) is 0 Å². The van der Waals surface area contributed by atoms with E-state index in [1.54, 1.807) is 18.9 Å². The van der Waals surface area contributed by atoms with Crippen molar-refractivity contribution in [2.45, 2.75) is 11.5 Å². The van der Waals surface area contributed by atoms with E-state index in [1.165, 1.54) is 0 Å². The Morgan fingerprint density at radius 3 is 2.40 bits per heavy atom. The van der Waals surface area contributed by atoms with Crippen molar-refractivity contribution in [1.29, 1.82) is 0 Å². The Kier molecular flexibility index (Phi) is 9.21. The molecule has 0 aromatic heterocycles. The van der Waals surface area contributed by atoms with E-state index >= 15 is 0 Å². The molecule has 0 radical (unpaired) electrons. The van der Waals surface area contributed by atoms with Crippen LogP contribution in [-0.2, 0) is 20.9 Å². The third-order valence-corrected chi connectivity index (χ3v) is 2.46. The fourth-order valence-electron chi connectivity index (χ4n) is 0.883. The molecule has 0 aliphatic heterocycles. The summed E-state index contributed by atoms with van der Waals surface area (Å²) in [5.74, 6) is 0.649. The summed E-state index contributed by atoms with van der Waals surface area (Å²) < 4.78 is 12.4. The molecule has 5 heteroatoms. The van der Waals surface area contributed by atoms with Crippen LogP contribution in [0, 0.1) is 6.65 Å². The van der Waals surface area contributed by atoms with E-state index < -0.39 is 0 Å². The van der Waals surface area contributed by atoms with Crippen LogP contribution in [0.1, 0.15) is 5.56 Å². The van der Waals surface area contributed by atoms with E-state index in [0.29, 0.717) is 5.94 Å². The number of hydrogen-bond acceptors (Lipinski definition) is 4. The van der Waals surface area contributed by atoms with Gasteiger partial charge in [-0.3, -0.25) is 5.26 Å². The summed E-state index contributed by atoms with van der Waals surface area (Å²) in [6.07, 6.45) is 0. The minimum absolute atomic E-state index is 0.231. The van der Waals surface area contributed by atoms with E-state index in [4.69, 9.17) is 14.6 Å². The van der Waals surface area contributed by atoms with Gasteiger partial charge in [0, 0.05) is 12.0 Å². The molecular formula is C10H12O4S. The molecule has 0 fully saturated rings. The van der Waals surface area contributed by atoms with Crippen molar-refractivity contribution in [3.05, 3.63) is 36.5 Å². The van der Waals surface area contributed by atoms with Crippen LogP contribution in [0.25, 0.3) is 0 Å². The molecule has 4 nitrogen and oxygen atoms in total. The molecule has 0 saturated carbocycles. The first-order chi connectivity index (χ1) is 7.36. The van der Waals surface area contributed by atoms with Gasteiger partial charge >= 0.3 is 11.3 Å². The molecule has 0 aliphatic rings. The van der Waals surface area contributed by atoms with Crippen molar-refractivity contribution in [3.8, 4) is 0 Å². The summed E-state index contributed by atoms with van der Waals surface area (Å²) in [5, 5.41) is 8.21. The molecule has 0 saturated heterocycles. The van der Waals surface area contributed by atoms with Gasteiger partial charge in [0.1, 0.15) is 6.61 Å². The quantitative estimate of drug-likeness (QED) is 0.210. The van der Waals surface area contributed by atoms with Crippen molar-refractivity contribution in [2.24, 2.45) is 0 Å². The van der Waals surface area contributed by atoms with Gasteiger partial charge in [0.2, 0.25) is 0 Å². The third-order valence-electron chi connectivity index (χ3n) is 1.50. The molecule has 0 bridgehead atoms. The third kappa shape index (κ3) is 6.30.